The summed E-state index contributed by atoms with van der Waals surface area (Å²) in [5.74, 6) is -0.816. The zero-order valence-corrected chi connectivity index (χ0v) is 21.3. The van der Waals surface area contributed by atoms with Gasteiger partial charge in [-0.1, -0.05) is 48.5 Å². The summed E-state index contributed by atoms with van der Waals surface area (Å²) in [4.78, 5) is 32.3. The van der Waals surface area contributed by atoms with Crippen molar-refractivity contribution in [1.29, 1.82) is 0 Å². The number of hydrogen-bond acceptors (Lipinski definition) is 5. The smallest absolute Gasteiger partial charge is 0.312 e. The summed E-state index contributed by atoms with van der Waals surface area (Å²) in [6, 6.07) is 17.8. The highest BCUT2D eigenvalue weighted by Gasteiger charge is 2.28. The first-order valence-corrected chi connectivity index (χ1v) is 13.5. The average molecular weight is 501 g/mol. The van der Waals surface area contributed by atoms with Crippen LogP contribution < -0.4 is 10.6 Å². The lowest BCUT2D eigenvalue weighted by Gasteiger charge is -2.32. The summed E-state index contributed by atoms with van der Waals surface area (Å²) >= 11 is 0. The zero-order chi connectivity index (χ0) is 25.6. The van der Waals surface area contributed by atoms with Crippen LogP contribution in [-0.2, 0) is 22.4 Å². The molecule has 0 spiro atoms. The number of rotatable bonds is 9. The minimum absolute atomic E-state index is 0.0429. The predicted octanol–water partition coefficient (Wildman–Crippen LogP) is 4.22. The zero-order valence-electron chi connectivity index (χ0n) is 21.3. The number of aromatic nitrogens is 1. The largest absolute Gasteiger partial charge is 0.481 e. The monoisotopic (exact) mass is 500 g/mol. The van der Waals surface area contributed by atoms with E-state index in [4.69, 9.17) is 4.98 Å². The van der Waals surface area contributed by atoms with Gasteiger partial charge in [-0.2, -0.15) is 0 Å². The molecule has 2 aliphatic heterocycles. The lowest BCUT2D eigenvalue weighted by molar-refractivity contribution is -0.138. The highest BCUT2D eigenvalue weighted by Crippen LogP contribution is 2.26. The van der Waals surface area contributed by atoms with E-state index in [1.165, 1.54) is 5.56 Å². The van der Waals surface area contributed by atoms with Crippen LogP contribution in [0.15, 0.2) is 54.6 Å². The fraction of sp³-hybridized carbons (Fsp3) is 0.433. The Morgan fingerprint density at radius 3 is 2.86 bits per heavy atom. The molecule has 3 aromatic rings. The number of hydrogen-bond donors (Lipinski definition) is 3. The fourth-order valence-electron chi connectivity index (χ4n) is 5.70. The van der Waals surface area contributed by atoms with Crippen LogP contribution in [0.1, 0.15) is 48.4 Å². The third kappa shape index (κ3) is 6.10. The Morgan fingerprint density at radius 1 is 1.11 bits per heavy atom. The number of carbonyl (C=O) groups excluding carboxylic acids is 1. The average Bonchev–Trinajstić information content (AvgIpc) is 2.93. The first-order valence-electron chi connectivity index (χ1n) is 13.5. The summed E-state index contributed by atoms with van der Waals surface area (Å²) < 4.78 is 0. The molecule has 5 rings (SSSR count). The van der Waals surface area contributed by atoms with Gasteiger partial charge in [0.1, 0.15) is 5.82 Å². The van der Waals surface area contributed by atoms with Crippen LogP contribution in [0.2, 0.25) is 0 Å². The Bertz CT molecular complexity index is 1260. The summed E-state index contributed by atoms with van der Waals surface area (Å²) in [7, 11) is 0. The van der Waals surface area contributed by atoms with Crippen molar-refractivity contribution in [1.82, 2.24) is 15.2 Å². The SMILES string of the molecule is O=C(O)C(CNC(=O)[C@@H]1CCCN(CCCc2ccc3c(n2)NCCC3)C1)c1cccc2ccccc12. The van der Waals surface area contributed by atoms with Gasteiger partial charge in [-0.3, -0.25) is 9.59 Å². The molecule has 1 amide bonds. The Kier molecular flexibility index (Phi) is 7.99. The van der Waals surface area contributed by atoms with Crippen molar-refractivity contribution in [3.63, 3.8) is 0 Å². The molecule has 1 aromatic heterocycles. The van der Waals surface area contributed by atoms with Gasteiger partial charge >= 0.3 is 5.97 Å². The predicted molar refractivity (Wildman–Crippen MR) is 146 cm³/mol. The minimum atomic E-state index is -0.923. The number of benzene rings is 2. The molecule has 3 heterocycles. The molecule has 1 saturated heterocycles. The van der Waals surface area contributed by atoms with Gasteiger partial charge in [0.25, 0.3) is 0 Å². The van der Waals surface area contributed by atoms with Gasteiger partial charge in [0.2, 0.25) is 5.91 Å². The third-order valence-corrected chi connectivity index (χ3v) is 7.71. The third-order valence-electron chi connectivity index (χ3n) is 7.71. The second-order valence-electron chi connectivity index (χ2n) is 10.3. The number of carboxylic acid groups (broad SMARTS) is 1. The van der Waals surface area contributed by atoms with Crippen LogP contribution in [0, 0.1) is 5.92 Å². The number of carboxylic acids is 1. The fourth-order valence-corrected chi connectivity index (χ4v) is 5.70. The topological polar surface area (TPSA) is 94.6 Å². The van der Waals surface area contributed by atoms with Crippen molar-refractivity contribution in [2.45, 2.75) is 44.4 Å². The number of fused-ring (bicyclic) bond motifs is 2. The molecular formula is C30H36N4O3. The van der Waals surface area contributed by atoms with Gasteiger partial charge in [-0.05, 0) is 79.6 Å². The molecule has 2 aromatic carbocycles. The van der Waals surface area contributed by atoms with Crippen LogP contribution in [0.25, 0.3) is 10.8 Å². The molecule has 7 heteroatoms. The maximum Gasteiger partial charge on any atom is 0.312 e. The molecule has 1 fully saturated rings. The van der Waals surface area contributed by atoms with Crippen LogP contribution in [0.4, 0.5) is 5.82 Å². The van der Waals surface area contributed by atoms with E-state index in [9.17, 15) is 14.7 Å². The molecule has 1 unspecified atom stereocenters. The second kappa shape index (κ2) is 11.7. The van der Waals surface area contributed by atoms with Crippen molar-refractivity contribution in [3.05, 3.63) is 71.4 Å². The first kappa shape index (κ1) is 25.2. The number of nitrogens with one attached hydrogen (secondary N) is 2. The summed E-state index contributed by atoms with van der Waals surface area (Å²) in [5, 5.41) is 18.2. The molecule has 0 saturated carbocycles. The normalized spacial score (nSPS) is 18.5. The quantitative estimate of drug-likeness (QED) is 0.407. The van der Waals surface area contributed by atoms with E-state index in [-0.39, 0.29) is 18.4 Å². The molecule has 0 bridgehead atoms. The Morgan fingerprint density at radius 2 is 1.97 bits per heavy atom. The van der Waals surface area contributed by atoms with Crippen molar-refractivity contribution in [3.8, 4) is 0 Å². The Balaban J connectivity index is 1.13. The Labute approximate surface area is 218 Å². The van der Waals surface area contributed by atoms with E-state index in [0.717, 1.165) is 92.6 Å². The second-order valence-corrected chi connectivity index (χ2v) is 10.3. The van der Waals surface area contributed by atoms with Gasteiger partial charge < -0.3 is 20.6 Å². The molecule has 3 N–H and O–H groups in total. The van der Waals surface area contributed by atoms with E-state index in [1.807, 2.05) is 42.5 Å². The van der Waals surface area contributed by atoms with Crippen molar-refractivity contribution >= 4 is 28.5 Å². The number of nitrogens with zero attached hydrogens (tertiary/aromatic N) is 2. The summed E-state index contributed by atoms with van der Waals surface area (Å²) in [5.41, 5.74) is 3.17. The molecule has 194 valence electrons. The molecule has 0 radical (unpaired) electrons. The molecule has 0 aliphatic carbocycles. The standard InChI is InChI=1S/C30H36N4O3/c35-29(32-19-27(30(36)37)26-13-3-8-21-7-1-2-12-25(21)26)23-10-5-17-34(20-23)18-6-11-24-15-14-22-9-4-16-31-28(22)33-24/h1-3,7-8,12-15,23,27H,4-6,9-11,16-20H2,(H,31,33)(H,32,35)(H,36,37)/t23-,27?/m1/s1. The van der Waals surface area contributed by atoms with Crippen LogP contribution in [-0.4, -0.2) is 59.6 Å². The van der Waals surface area contributed by atoms with E-state index in [0.29, 0.717) is 0 Å². The maximum absolute atomic E-state index is 13.0. The van der Waals surface area contributed by atoms with E-state index in [2.05, 4.69) is 27.7 Å². The van der Waals surface area contributed by atoms with E-state index in [1.54, 1.807) is 0 Å². The molecule has 2 atom stereocenters. The molecule has 2 aliphatic rings. The lowest BCUT2D eigenvalue weighted by atomic mass is 9.92. The summed E-state index contributed by atoms with van der Waals surface area (Å²) in [6.07, 6.45) is 6.01. The highest BCUT2D eigenvalue weighted by atomic mass is 16.4. The Hall–Kier alpha value is -3.45. The van der Waals surface area contributed by atoms with Gasteiger partial charge in [-0.25, -0.2) is 4.98 Å². The van der Waals surface area contributed by atoms with Gasteiger partial charge in [0, 0.05) is 25.3 Å². The number of aliphatic carboxylic acids is 1. The van der Waals surface area contributed by atoms with Crippen molar-refractivity contribution in [2.24, 2.45) is 5.92 Å². The number of carbonyl (C=O) groups is 2. The molecule has 7 nitrogen and oxygen atoms in total. The first-order chi connectivity index (χ1) is 18.1. The van der Waals surface area contributed by atoms with Crippen molar-refractivity contribution < 1.29 is 14.7 Å². The number of anilines is 1. The number of piperidine rings is 1. The van der Waals surface area contributed by atoms with Gasteiger partial charge in [0.05, 0.1) is 11.8 Å². The number of pyridine rings is 1. The van der Waals surface area contributed by atoms with Crippen LogP contribution >= 0.6 is 0 Å². The number of likely N-dealkylation sites (tertiary alicyclic amines) is 1. The number of aryl methyl sites for hydroxylation is 2. The van der Waals surface area contributed by atoms with Gasteiger partial charge in [-0.15, -0.1) is 0 Å². The van der Waals surface area contributed by atoms with Gasteiger partial charge in [0.15, 0.2) is 0 Å². The van der Waals surface area contributed by atoms with E-state index >= 15 is 0 Å². The maximum atomic E-state index is 13.0. The van der Waals surface area contributed by atoms with Crippen LogP contribution in [0.3, 0.4) is 0 Å². The molecular weight excluding hydrogens is 464 g/mol. The molecule has 37 heavy (non-hydrogen) atoms. The van der Waals surface area contributed by atoms with E-state index < -0.39 is 11.9 Å². The van der Waals surface area contributed by atoms with Crippen LogP contribution in [0.5, 0.6) is 0 Å². The van der Waals surface area contributed by atoms with Crippen molar-refractivity contribution in [2.75, 3.05) is 38.0 Å². The number of amides is 1. The lowest BCUT2D eigenvalue weighted by Crippen LogP contribution is -2.44. The minimum Gasteiger partial charge on any atom is -0.481 e. The summed E-state index contributed by atoms with van der Waals surface area (Å²) in [6.45, 7) is 3.74. The highest BCUT2D eigenvalue weighted by molar-refractivity contribution is 5.91.